The van der Waals surface area contributed by atoms with Crippen molar-refractivity contribution in [3.63, 3.8) is 0 Å². The van der Waals surface area contributed by atoms with Gasteiger partial charge in [0.25, 0.3) is 0 Å². The van der Waals surface area contributed by atoms with Crippen LogP contribution in [0.1, 0.15) is 42.9 Å². The highest BCUT2D eigenvalue weighted by Gasteiger charge is 2.29. The predicted octanol–water partition coefficient (Wildman–Crippen LogP) is 4.23. The molecule has 0 spiro atoms. The smallest absolute Gasteiger partial charge is 0.224 e. The summed E-state index contributed by atoms with van der Waals surface area (Å²) in [4.78, 5) is 0.0166. The molecule has 0 unspecified atom stereocenters. The van der Waals surface area contributed by atoms with E-state index in [-0.39, 0.29) is 27.7 Å². The summed E-state index contributed by atoms with van der Waals surface area (Å²) in [5.74, 6) is -0.388. The highest BCUT2D eigenvalue weighted by Crippen LogP contribution is 2.28. The van der Waals surface area contributed by atoms with Gasteiger partial charge in [-0.2, -0.15) is 4.31 Å². The van der Waals surface area contributed by atoms with Crippen LogP contribution in [-0.2, 0) is 26.4 Å². The Labute approximate surface area is 173 Å². The molecular weight excluding hydrogens is 413 g/mol. The Hall–Kier alpha value is -1.77. The van der Waals surface area contributed by atoms with Gasteiger partial charge in [0.05, 0.1) is 9.79 Å². The minimum Gasteiger partial charge on any atom is -0.224 e. The second kappa shape index (κ2) is 9.36. The van der Waals surface area contributed by atoms with E-state index in [1.807, 2.05) is 6.92 Å². The summed E-state index contributed by atoms with van der Waals surface area (Å²) < 4.78 is 65.9. The van der Waals surface area contributed by atoms with Crippen LogP contribution in [0.3, 0.4) is 0 Å². The fourth-order valence-electron chi connectivity index (χ4n) is 3.20. The lowest BCUT2D eigenvalue weighted by molar-refractivity contribution is 0.393. The van der Waals surface area contributed by atoms with Crippen molar-refractivity contribution in [3.05, 3.63) is 58.9 Å². The molecule has 0 fully saturated rings. The molecule has 0 amide bonds. The molecule has 2 aromatic carbocycles. The molecule has 5 nitrogen and oxygen atoms in total. The average Bonchev–Trinajstić information content (AvgIpc) is 2.63. The van der Waals surface area contributed by atoms with Crippen molar-refractivity contribution in [1.29, 1.82) is 0 Å². The van der Waals surface area contributed by atoms with Crippen LogP contribution < -0.4 is 0 Å². The molecule has 8 heteroatoms. The van der Waals surface area contributed by atoms with E-state index in [1.165, 1.54) is 35.5 Å². The lowest BCUT2D eigenvalue weighted by atomic mass is 10.2. The van der Waals surface area contributed by atoms with E-state index in [2.05, 4.69) is 0 Å². The van der Waals surface area contributed by atoms with Crippen molar-refractivity contribution in [2.75, 3.05) is 12.8 Å². The van der Waals surface area contributed by atoms with Gasteiger partial charge in [-0.15, -0.1) is 0 Å². The zero-order chi connectivity index (χ0) is 21.8. The van der Waals surface area contributed by atoms with Crippen molar-refractivity contribution in [2.45, 2.75) is 56.4 Å². The molecule has 0 bridgehead atoms. The molecule has 2 aromatic rings. The standard InChI is InChI=1S/C21H28FNO4S2/c1-5-6-7-12-23(15-18-8-10-19(22)11-9-18)29(26,27)21-14-16(2)13-20(17(21)3)28(4,24)25/h8-11,13-14H,5-7,12,15H2,1-4H3. The fourth-order valence-corrected chi connectivity index (χ4v) is 6.13. The Morgan fingerprint density at radius 3 is 2.07 bits per heavy atom. The molecule has 0 heterocycles. The van der Waals surface area contributed by atoms with Crippen LogP contribution in [0.4, 0.5) is 4.39 Å². The summed E-state index contributed by atoms with van der Waals surface area (Å²) in [7, 11) is -7.52. The third kappa shape index (κ3) is 5.87. The lowest BCUT2D eigenvalue weighted by Crippen LogP contribution is -2.32. The van der Waals surface area contributed by atoms with Gasteiger partial charge in [0.2, 0.25) is 10.0 Å². The predicted molar refractivity (Wildman–Crippen MR) is 113 cm³/mol. The summed E-state index contributed by atoms with van der Waals surface area (Å²) in [6, 6.07) is 8.71. The Kier molecular flexibility index (Phi) is 7.59. The van der Waals surface area contributed by atoms with Gasteiger partial charge in [-0.3, -0.25) is 0 Å². The minimum absolute atomic E-state index is 0.00321. The molecule has 0 N–H and O–H groups in total. The van der Waals surface area contributed by atoms with E-state index < -0.39 is 19.9 Å². The topological polar surface area (TPSA) is 71.5 Å². The number of hydrogen-bond donors (Lipinski definition) is 0. The van der Waals surface area contributed by atoms with Crippen molar-refractivity contribution < 1.29 is 21.2 Å². The maximum atomic E-state index is 13.5. The Balaban J connectivity index is 2.53. The molecule has 160 valence electrons. The van der Waals surface area contributed by atoms with Gasteiger partial charge in [-0.05, 0) is 61.2 Å². The van der Waals surface area contributed by atoms with Gasteiger partial charge in [0.15, 0.2) is 9.84 Å². The van der Waals surface area contributed by atoms with Gasteiger partial charge >= 0.3 is 0 Å². The maximum absolute atomic E-state index is 13.5. The van der Waals surface area contributed by atoms with E-state index >= 15 is 0 Å². The van der Waals surface area contributed by atoms with E-state index in [1.54, 1.807) is 19.1 Å². The largest absolute Gasteiger partial charge is 0.243 e. The van der Waals surface area contributed by atoms with E-state index in [4.69, 9.17) is 0 Å². The first-order valence-electron chi connectivity index (χ1n) is 9.52. The van der Waals surface area contributed by atoms with Crippen LogP contribution in [0.5, 0.6) is 0 Å². The second-order valence-corrected chi connectivity index (χ2v) is 11.2. The van der Waals surface area contributed by atoms with Crippen LogP contribution in [0.15, 0.2) is 46.2 Å². The molecule has 0 atom stereocenters. The molecule has 0 aliphatic carbocycles. The zero-order valence-electron chi connectivity index (χ0n) is 17.3. The van der Waals surface area contributed by atoms with E-state index in [0.717, 1.165) is 19.1 Å². The number of halogens is 1. The quantitative estimate of drug-likeness (QED) is 0.546. The number of rotatable bonds is 9. The average molecular weight is 442 g/mol. The molecule has 0 radical (unpaired) electrons. The summed E-state index contributed by atoms with van der Waals surface area (Å²) in [6.45, 7) is 5.62. The van der Waals surface area contributed by atoms with E-state index in [0.29, 0.717) is 24.1 Å². The fraction of sp³-hybridized carbons (Fsp3) is 0.429. The number of nitrogens with zero attached hydrogens (tertiary/aromatic N) is 1. The van der Waals surface area contributed by atoms with Gasteiger partial charge in [0.1, 0.15) is 5.82 Å². The maximum Gasteiger partial charge on any atom is 0.243 e. The first-order valence-corrected chi connectivity index (χ1v) is 12.9. The van der Waals surface area contributed by atoms with Crippen LogP contribution in [0, 0.1) is 19.7 Å². The first-order chi connectivity index (χ1) is 13.5. The van der Waals surface area contributed by atoms with Crippen LogP contribution >= 0.6 is 0 Å². The number of aryl methyl sites for hydroxylation is 1. The van der Waals surface area contributed by atoms with Gasteiger partial charge in [0, 0.05) is 19.3 Å². The third-order valence-corrected chi connectivity index (χ3v) is 7.95. The summed E-state index contributed by atoms with van der Waals surface area (Å²) in [6.07, 6.45) is 3.56. The van der Waals surface area contributed by atoms with Crippen molar-refractivity contribution in [3.8, 4) is 0 Å². The molecule has 0 aliphatic heterocycles. The Morgan fingerprint density at radius 1 is 0.931 bits per heavy atom. The molecule has 0 aliphatic rings. The van der Waals surface area contributed by atoms with Gasteiger partial charge in [-0.25, -0.2) is 21.2 Å². The van der Waals surface area contributed by atoms with Crippen molar-refractivity contribution >= 4 is 19.9 Å². The molecule has 0 saturated carbocycles. The number of hydrogen-bond acceptors (Lipinski definition) is 4. The number of unbranched alkanes of at least 4 members (excludes halogenated alkanes) is 2. The molecule has 29 heavy (non-hydrogen) atoms. The summed E-state index contributed by atoms with van der Waals surface area (Å²) in [5.41, 5.74) is 1.45. The normalized spacial score (nSPS) is 12.5. The molecule has 0 saturated heterocycles. The number of sulfone groups is 1. The molecular formula is C21H28FNO4S2. The third-order valence-electron chi connectivity index (χ3n) is 4.76. The van der Waals surface area contributed by atoms with Crippen LogP contribution in [0.25, 0.3) is 0 Å². The minimum atomic E-state index is -3.95. The monoisotopic (exact) mass is 441 g/mol. The first kappa shape index (κ1) is 23.5. The Bertz CT molecular complexity index is 1060. The van der Waals surface area contributed by atoms with Crippen LogP contribution in [0.2, 0.25) is 0 Å². The van der Waals surface area contributed by atoms with Crippen molar-refractivity contribution in [2.24, 2.45) is 0 Å². The lowest BCUT2D eigenvalue weighted by Gasteiger charge is -2.24. The highest BCUT2D eigenvalue weighted by atomic mass is 32.2. The van der Waals surface area contributed by atoms with Crippen molar-refractivity contribution in [1.82, 2.24) is 4.31 Å². The Morgan fingerprint density at radius 2 is 1.52 bits per heavy atom. The summed E-state index contributed by atoms with van der Waals surface area (Å²) in [5, 5.41) is 0. The molecule has 0 aromatic heterocycles. The van der Waals surface area contributed by atoms with Gasteiger partial charge < -0.3 is 0 Å². The second-order valence-electron chi connectivity index (χ2n) is 7.33. The number of sulfonamides is 1. The van der Waals surface area contributed by atoms with E-state index in [9.17, 15) is 21.2 Å². The van der Waals surface area contributed by atoms with Crippen LogP contribution in [-0.4, -0.2) is 33.9 Å². The SMILES string of the molecule is CCCCCN(Cc1ccc(F)cc1)S(=O)(=O)c1cc(C)cc(S(C)(=O)=O)c1C. The van der Waals surface area contributed by atoms with Gasteiger partial charge in [-0.1, -0.05) is 31.9 Å². The summed E-state index contributed by atoms with van der Waals surface area (Å²) >= 11 is 0. The highest BCUT2D eigenvalue weighted by molar-refractivity contribution is 7.91. The zero-order valence-corrected chi connectivity index (χ0v) is 18.9. The number of benzene rings is 2. The molecule has 2 rings (SSSR count).